The fourth-order valence-electron chi connectivity index (χ4n) is 4.84. The van der Waals surface area contributed by atoms with Gasteiger partial charge in [-0.25, -0.2) is 0 Å². The van der Waals surface area contributed by atoms with Crippen LogP contribution in [0.25, 0.3) is 11.5 Å². The molecule has 1 aromatic carbocycles. The largest absolute Gasteiger partial charge is 0.497 e. The zero-order valence-corrected chi connectivity index (χ0v) is 18.1. The first-order chi connectivity index (χ1) is 15.7. The maximum Gasteiger partial charge on any atom is 0.247 e. The highest BCUT2D eigenvalue weighted by Gasteiger charge is 2.51. The van der Waals surface area contributed by atoms with Crippen LogP contribution in [-0.4, -0.2) is 59.4 Å². The van der Waals surface area contributed by atoms with Crippen molar-refractivity contribution in [2.24, 2.45) is 5.41 Å². The smallest absolute Gasteiger partial charge is 0.247 e. The van der Waals surface area contributed by atoms with E-state index in [1.54, 1.807) is 19.5 Å². The number of hydrogen-bond acceptors (Lipinski definition) is 7. The third-order valence-corrected chi connectivity index (χ3v) is 6.64. The lowest BCUT2D eigenvalue weighted by Gasteiger charge is -2.36. The summed E-state index contributed by atoms with van der Waals surface area (Å²) in [5.41, 5.74) is 1.67. The van der Waals surface area contributed by atoms with Gasteiger partial charge in [0.05, 0.1) is 19.4 Å². The van der Waals surface area contributed by atoms with E-state index in [4.69, 9.17) is 13.9 Å². The Balaban J connectivity index is 1.38. The highest BCUT2D eigenvalue weighted by Crippen LogP contribution is 2.49. The van der Waals surface area contributed by atoms with Crippen LogP contribution in [0, 0.1) is 5.41 Å². The normalized spacial score (nSPS) is 19.9. The van der Waals surface area contributed by atoms with E-state index < -0.39 is 0 Å². The lowest BCUT2D eigenvalue weighted by molar-refractivity contribution is -0.130. The number of hydrogen-bond donors (Lipinski definition) is 0. The lowest BCUT2D eigenvalue weighted by Crippen LogP contribution is -2.37. The predicted octanol–water partition coefficient (Wildman–Crippen LogP) is 3.11. The summed E-state index contributed by atoms with van der Waals surface area (Å²) >= 11 is 0. The maximum atomic E-state index is 13.2. The van der Waals surface area contributed by atoms with Gasteiger partial charge in [-0.15, -0.1) is 10.2 Å². The second kappa shape index (κ2) is 8.70. The molecule has 0 aliphatic carbocycles. The fourth-order valence-corrected chi connectivity index (χ4v) is 4.84. The van der Waals surface area contributed by atoms with Crippen LogP contribution < -0.4 is 4.74 Å². The van der Waals surface area contributed by atoms with E-state index in [9.17, 15) is 4.79 Å². The van der Waals surface area contributed by atoms with Crippen molar-refractivity contribution in [3.63, 3.8) is 0 Å². The first kappa shape index (κ1) is 20.6. The van der Waals surface area contributed by atoms with Crippen LogP contribution in [0.4, 0.5) is 0 Å². The van der Waals surface area contributed by atoms with Crippen LogP contribution in [0.15, 0.2) is 53.2 Å². The van der Waals surface area contributed by atoms with Gasteiger partial charge in [0.25, 0.3) is 0 Å². The topological polar surface area (TPSA) is 90.6 Å². The molecule has 1 unspecified atom stereocenters. The molecule has 0 saturated carbocycles. The molecule has 2 aromatic heterocycles. The number of methoxy groups -OCH3 is 1. The number of carbonyl (C=O) groups excluding carboxylic acids is 1. The van der Waals surface area contributed by atoms with E-state index >= 15 is 0 Å². The zero-order chi connectivity index (χ0) is 22.0. The van der Waals surface area contributed by atoms with E-state index in [-0.39, 0.29) is 17.2 Å². The Hall–Kier alpha value is -3.26. The Morgan fingerprint density at radius 2 is 2.00 bits per heavy atom. The van der Waals surface area contributed by atoms with Gasteiger partial charge in [-0.2, -0.15) is 0 Å². The van der Waals surface area contributed by atoms with Gasteiger partial charge in [0.2, 0.25) is 17.7 Å². The van der Waals surface area contributed by atoms with Gasteiger partial charge in [-0.3, -0.25) is 9.78 Å². The minimum Gasteiger partial charge on any atom is -0.497 e. The van der Waals surface area contributed by atoms with Crippen molar-refractivity contribution in [3.8, 4) is 17.2 Å². The van der Waals surface area contributed by atoms with Crippen LogP contribution in [0.3, 0.4) is 0 Å². The van der Waals surface area contributed by atoms with E-state index in [0.29, 0.717) is 44.5 Å². The molecule has 2 saturated heterocycles. The molecule has 32 heavy (non-hydrogen) atoms. The van der Waals surface area contributed by atoms with Crippen molar-refractivity contribution in [2.45, 2.75) is 25.2 Å². The molecule has 1 atom stereocenters. The first-order valence-corrected chi connectivity index (χ1v) is 10.9. The summed E-state index contributed by atoms with van der Waals surface area (Å²) in [4.78, 5) is 19.2. The third-order valence-electron chi connectivity index (χ3n) is 6.64. The highest BCUT2D eigenvalue weighted by atomic mass is 16.5. The Morgan fingerprint density at radius 1 is 1.19 bits per heavy atom. The molecule has 0 radical (unpaired) electrons. The number of likely N-dealkylation sites (tertiary alicyclic amines) is 1. The average Bonchev–Trinajstić information content (AvgIpc) is 3.46. The Kier molecular flexibility index (Phi) is 5.61. The molecular formula is C24H26N4O4. The van der Waals surface area contributed by atoms with Crippen LogP contribution in [0.5, 0.6) is 5.75 Å². The highest BCUT2D eigenvalue weighted by molar-refractivity contribution is 5.79. The van der Waals surface area contributed by atoms with Crippen molar-refractivity contribution in [1.82, 2.24) is 20.1 Å². The minimum atomic E-state index is -0.107. The molecule has 2 aliphatic rings. The number of nitrogens with zero attached hydrogens (tertiary/aromatic N) is 4. The molecule has 5 rings (SSSR count). The molecule has 4 heterocycles. The molecular weight excluding hydrogens is 408 g/mol. The molecule has 8 nitrogen and oxygen atoms in total. The summed E-state index contributed by atoms with van der Waals surface area (Å²) in [5, 5.41) is 8.66. The van der Waals surface area contributed by atoms with Gasteiger partial charge in [0, 0.05) is 49.7 Å². The zero-order valence-electron chi connectivity index (χ0n) is 18.1. The first-order valence-electron chi connectivity index (χ1n) is 10.9. The van der Waals surface area contributed by atoms with Crippen LogP contribution in [-0.2, 0) is 16.0 Å². The van der Waals surface area contributed by atoms with Crippen LogP contribution in [0.2, 0.25) is 0 Å². The molecule has 8 heteroatoms. The number of benzene rings is 1. The van der Waals surface area contributed by atoms with Crippen molar-refractivity contribution in [1.29, 1.82) is 0 Å². The van der Waals surface area contributed by atoms with Gasteiger partial charge in [-0.05, 0) is 42.7 Å². The fraction of sp³-hybridized carbons (Fsp3) is 0.417. The summed E-state index contributed by atoms with van der Waals surface area (Å²) in [7, 11) is 1.63. The Labute approximate surface area is 186 Å². The van der Waals surface area contributed by atoms with Crippen LogP contribution >= 0.6 is 0 Å². The molecule has 166 valence electrons. The maximum absolute atomic E-state index is 13.2. The number of amides is 1. The summed E-state index contributed by atoms with van der Waals surface area (Å²) in [6, 6.07) is 11.4. The number of rotatable bonds is 5. The van der Waals surface area contributed by atoms with Gasteiger partial charge in [0.15, 0.2) is 0 Å². The number of carbonyl (C=O) groups is 1. The van der Waals surface area contributed by atoms with E-state index in [2.05, 4.69) is 15.2 Å². The summed E-state index contributed by atoms with van der Waals surface area (Å²) in [6.07, 6.45) is 5.48. The SMILES string of the molecule is COc1cccc(CC(=O)N2CC(c3nnc(-c4ccncc4)o3)C3(CCOCC3)C2)c1. The lowest BCUT2D eigenvalue weighted by atomic mass is 9.72. The van der Waals surface area contributed by atoms with E-state index in [1.165, 1.54) is 0 Å². The quantitative estimate of drug-likeness (QED) is 0.609. The molecule has 0 bridgehead atoms. The molecule has 3 aromatic rings. The molecule has 1 spiro atoms. The molecule has 1 amide bonds. The second-order valence-electron chi connectivity index (χ2n) is 8.51. The van der Waals surface area contributed by atoms with Gasteiger partial charge < -0.3 is 18.8 Å². The van der Waals surface area contributed by atoms with Gasteiger partial charge in [0.1, 0.15) is 5.75 Å². The van der Waals surface area contributed by atoms with Crippen molar-refractivity contribution in [2.75, 3.05) is 33.4 Å². The Bertz CT molecular complexity index is 1080. The number of aromatic nitrogens is 3. The van der Waals surface area contributed by atoms with Crippen molar-refractivity contribution >= 4 is 5.91 Å². The Morgan fingerprint density at radius 3 is 2.78 bits per heavy atom. The standard InChI is InChI=1S/C24H26N4O4/c1-30-19-4-2-3-17(13-19)14-21(29)28-15-20(24(16-28)7-11-31-12-8-24)23-27-26-22(32-23)18-5-9-25-10-6-18/h2-6,9-10,13,20H,7-8,11-12,14-16H2,1H3. The van der Waals surface area contributed by atoms with Gasteiger partial charge in [-0.1, -0.05) is 12.1 Å². The third kappa shape index (κ3) is 3.98. The number of pyridine rings is 1. The van der Waals surface area contributed by atoms with Crippen molar-refractivity contribution in [3.05, 3.63) is 60.2 Å². The second-order valence-corrected chi connectivity index (χ2v) is 8.51. The average molecular weight is 434 g/mol. The molecule has 0 N–H and O–H groups in total. The summed E-state index contributed by atoms with van der Waals surface area (Å²) in [5.74, 6) is 1.91. The molecule has 2 aliphatic heterocycles. The number of ether oxygens (including phenoxy) is 2. The summed E-state index contributed by atoms with van der Waals surface area (Å²) in [6.45, 7) is 2.61. The van der Waals surface area contributed by atoms with E-state index in [1.807, 2.05) is 41.3 Å². The van der Waals surface area contributed by atoms with E-state index in [0.717, 1.165) is 29.7 Å². The van der Waals surface area contributed by atoms with Gasteiger partial charge >= 0.3 is 0 Å². The van der Waals surface area contributed by atoms with Crippen molar-refractivity contribution < 1.29 is 18.7 Å². The minimum absolute atomic E-state index is 0.0104. The molecule has 2 fully saturated rings. The van der Waals surface area contributed by atoms with Crippen LogP contribution in [0.1, 0.15) is 30.2 Å². The predicted molar refractivity (Wildman–Crippen MR) is 116 cm³/mol. The summed E-state index contributed by atoms with van der Waals surface area (Å²) < 4.78 is 17.0. The monoisotopic (exact) mass is 434 g/mol.